The summed E-state index contributed by atoms with van der Waals surface area (Å²) in [4.78, 5) is 1.82. The maximum Gasteiger partial charge on any atom is 0.138 e. The summed E-state index contributed by atoms with van der Waals surface area (Å²) in [6.07, 6.45) is 5.29. The van der Waals surface area contributed by atoms with Gasteiger partial charge in [-0.2, -0.15) is 0 Å². The van der Waals surface area contributed by atoms with Gasteiger partial charge in [-0.1, -0.05) is 44.2 Å². The van der Waals surface area contributed by atoms with Crippen LogP contribution in [0.15, 0.2) is 30.3 Å². The van der Waals surface area contributed by atoms with Crippen LogP contribution in [0.3, 0.4) is 0 Å². The number of quaternary nitrogens is 3. The third-order valence-corrected chi connectivity index (χ3v) is 4.81. The minimum atomic E-state index is 0.505. The van der Waals surface area contributed by atoms with Gasteiger partial charge < -0.3 is 16.0 Å². The lowest BCUT2D eigenvalue weighted by Gasteiger charge is -2.22. The van der Waals surface area contributed by atoms with E-state index >= 15 is 0 Å². The Hall–Kier alpha value is -0.900. The Morgan fingerprint density at radius 1 is 1.14 bits per heavy atom. The number of hydrogen-bond donors (Lipinski definition) is 3. The maximum atomic E-state index is 4.38. The lowest BCUT2D eigenvalue weighted by Crippen LogP contribution is -3.15. The molecule has 1 aliphatic heterocycles. The molecule has 1 saturated heterocycles. The molecule has 1 fully saturated rings. The zero-order valence-electron chi connectivity index (χ0n) is 14.6. The molecule has 1 aromatic carbocycles. The Morgan fingerprint density at radius 3 is 2.45 bits per heavy atom. The van der Waals surface area contributed by atoms with Gasteiger partial charge in [0.1, 0.15) is 25.2 Å². The molecular formula is C19H36N3+3. The van der Waals surface area contributed by atoms with Crippen LogP contribution in [0.25, 0.3) is 0 Å². The predicted octanol–water partition coefficient (Wildman–Crippen LogP) is -0.504. The molecule has 0 unspecified atom stereocenters. The molecule has 0 aliphatic carbocycles. The number of hydrogen-bond acceptors (Lipinski definition) is 0. The normalized spacial score (nSPS) is 18.7. The molecule has 0 saturated carbocycles. The van der Waals surface area contributed by atoms with Crippen LogP contribution in [-0.2, 0) is 6.42 Å². The second kappa shape index (κ2) is 9.29. The van der Waals surface area contributed by atoms with Crippen molar-refractivity contribution in [2.75, 3.05) is 26.2 Å². The second-order valence-electron chi connectivity index (χ2n) is 7.58. The van der Waals surface area contributed by atoms with Crippen LogP contribution in [-0.4, -0.2) is 38.3 Å². The quantitative estimate of drug-likeness (QED) is 0.551. The SMILES string of the molecule is CC(C)C[C@@H](C[NH+]1CCCC1)[NH2+]C[C@@H]([NH3+])Cc1ccccc1. The van der Waals surface area contributed by atoms with Gasteiger partial charge in [-0.25, -0.2) is 0 Å². The standard InChI is InChI=1S/C19H33N3/c1-16(2)12-19(15-22-10-6-7-11-22)21-14-18(20)13-17-8-4-3-5-9-17/h3-5,8-9,16,18-19,21H,6-7,10-15,20H2,1-2H3/p+3/t18-,19-/m0/s1. The Morgan fingerprint density at radius 2 is 1.82 bits per heavy atom. The topological polar surface area (TPSA) is 48.7 Å². The van der Waals surface area contributed by atoms with Crippen LogP contribution in [0.1, 0.15) is 38.7 Å². The van der Waals surface area contributed by atoms with E-state index < -0.39 is 0 Å². The summed E-state index contributed by atoms with van der Waals surface area (Å²) in [6, 6.07) is 12.1. The first-order valence-corrected chi connectivity index (χ1v) is 9.17. The van der Waals surface area contributed by atoms with E-state index in [1.165, 1.54) is 44.5 Å². The number of nitrogens with two attached hydrogens (primary N) is 1. The number of likely N-dealkylation sites (tertiary alicyclic amines) is 1. The Kier molecular flexibility index (Phi) is 7.37. The zero-order valence-corrected chi connectivity index (χ0v) is 14.6. The van der Waals surface area contributed by atoms with E-state index in [0.717, 1.165) is 24.9 Å². The molecule has 1 aliphatic rings. The largest absolute Gasteiger partial charge is 0.350 e. The average Bonchev–Trinajstić information content (AvgIpc) is 2.98. The predicted molar refractivity (Wildman–Crippen MR) is 91.7 cm³/mol. The first kappa shape index (κ1) is 17.5. The van der Waals surface area contributed by atoms with E-state index in [9.17, 15) is 0 Å². The van der Waals surface area contributed by atoms with Gasteiger partial charge in [-0.05, 0) is 11.5 Å². The summed E-state index contributed by atoms with van der Waals surface area (Å²) < 4.78 is 0. The van der Waals surface area contributed by atoms with Crippen molar-refractivity contribution in [3.8, 4) is 0 Å². The number of nitrogens with one attached hydrogen (secondary N) is 1. The van der Waals surface area contributed by atoms with Crippen LogP contribution < -0.4 is 16.0 Å². The molecule has 2 rings (SSSR count). The van der Waals surface area contributed by atoms with Gasteiger partial charge in [-0.3, -0.25) is 0 Å². The van der Waals surface area contributed by atoms with Crippen molar-refractivity contribution >= 4 is 0 Å². The van der Waals surface area contributed by atoms with Crippen LogP contribution >= 0.6 is 0 Å². The van der Waals surface area contributed by atoms with Gasteiger partial charge in [0.2, 0.25) is 0 Å². The van der Waals surface area contributed by atoms with Crippen molar-refractivity contribution in [2.45, 2.75) is 51.6 Å². The molecule has 6 N–H and O–H groups in total. The van der Waals surface area contributed by atoms with Crippen molar-refractivity contribution in [2.24, 2.45) is 5.92 Å². The van der Waals surface area contributed by atoms with Crippen LogP contribution in [0.2, 0.25) is 0 Å². The first-order valence-electron chi connectivity index (χ1n) is 9.17. The average molecular weight is 307 g/mol. The molecule has 0 amide bonds. The fourth-order valence-corrected chi connectivity index (χ4v) is 3.73. The molecule has 3 nitrogen and oxygen atoms in total. The van der Waals surface area contributed by atoms with E-state index in [2.05, 4.69) is 55.2 Å². The first-order chi connectivity index (χ1) is 10.6. The second-order valence-corrected chi connectivity index (χ2v) is 7.58. The Labute approximate surface area is 136 Å². The summed E-state index contributed by atoms with van der Waals surface area (Å²) in [6.45, 7) is 9.98. The Bertz CT molecular complexity index is 398. The van der Waals surface area contributed by atoms with Crippen molar-refractivity contribution in [3.05, 3.63) is 35.9 Å². The van der Waals surface area contributed by atoms with Gasteiger partial charge in [0.05, 0.1) is 13.1 Å². The van der Waals surface area contributed by atoms with Gasteiger partial charge >= 0.3 is 0 Å². The highest BCUT2D eigenvalue weighted by atomic mass is 15.2. The van der Waals surface area contributed by atoms with Crippen molar-refractivity contribution in [1.29, 1.82) is 0 Å². The summed E-state index contributed by atoms with van der Waals surface area (Å²) in [5, 5.41) is 2.59. The summed E-state index contributed by atoms with van der Waals surface area (Å²) >= 11 is 0. The number of benzene rings is 1. The monoisotopic (exact) mass is 306 g/mol. The van der Waals surface area contributed by atoms with E-state index in [0.29, 0.717) is 6.04 Å². The minimum absolute atomic E-state index is 0.505. The van der Waals surface area contributed by atoms with Gasteiger partial charge in [0, 0.05) is 25.7 Å². The molecule has 1 heterocycles. The van der Waals surface area contributed by atoms with E-state index in [4.69, 9.17) is 0 Å². The lowest BCUT2D eigenvalue weighted by molar-refractivity contribution is -0.909. The molecule has 0 aromatic heterocycles. The Balaban J connectivity index is 1.76. The number of rotatable bonds is 9. The highest BCUT2D eigenvalue weighted by molar-refractivity contribution is 5.15. The highest BCUT2D eigenvalue weighted by Crippen LogP contribution is 2.02. The molecule has 3 heteroatoms. The van der Waals surface area contributed by atoms with E-state index in [1.54, 1.807) is 0 Å². The van der Waals surface area contributed by atoms with Crippen molar-refractivity contribution < 1.29 is 16.0 Å². The molecule has 22 heavy (non-hydrogen) atoms. The fourth-order valence-electron chi connectivity index (χ4n) is 3.73. The highest BCUT2D eigenvalue weighted by Gasteiger charge is 2.24. The van der Waals surface area contributed by atoms with E-state index in [-0.39, 0.29) is 0 Å². The molecule has 2 atom stereocenters. The summed E-state index contributed by atoms with van der Waals surface area (Å²) in [7, 11) is 0. The molecule has 0 spiro atoms. The smallest absolute Gasteiger partial charge is 0.138 e. The van der Waals surface area contributed by atoms with Gasteiger partial charge in [-0.15, -0.1) is 0 Å². The van der Waals surface area contributed by atoms with E-state index in [1.807, 2.05) is 4.90 Å². The third kappa shape index (κ3) is 6.47. The summed E-state index contributed by atoms with van der Waals surface area (Å²) in [5.74, 6) is 0.792. The molecule has 1 aromatic rings. The third-order valence-electron chi connectivity index (χ3n) is 4.81. The molecule has 0 radical (unpaired) electrons. The molecule has 0 bridgehead atoms. The maximum absolute atomic E-state index is 4.38. The molecule has 124 valence electrons. The fraction of sp³-hybridized carbons (Fsp3) is 0.684. The lowest BCUT2D eigenvalue weighted by atomic mass is 10.0. The van der Waals surface area contributed by atoms with Crippen molar-refractivity contribution in [1.82, 2.24) is 0 Å². The zero-order chi connectivity index (χ0) is 15.8. The minimum Gasteiger partial charge on any atom is -0.350 e. The van der Waals surface area contributed by atoms with Crippen LogP contribution in [0, 0.1) is 5.92 Å². The van der Waals surface area contributed by atoms with Gasteiger partial charge in [0.25, 0.3) is 0 Å². The van der Waals surface area contributed by atoms with Crippen molar-refractivity contribution in [3.63, 3.8) is 0 Å². The van der Waals surface area contributed by atoms with Gasteiger partial charge in [0.15, 0.2) is 0 Å². The van der Waals surface area contributed by atoms with Crippen LogP contribution in [0.5, 0.6) is 0 Å². The van der Waals surface area contributed by atoms with Crippen LogP contribution in [0.4, 0.5) is 0 Å². The summed E-state index contributed by atoms with van der Waals surface area (Å²) in [5.41, 5.74) is 5.80. The molecular weight excluding hydrogens is 270 g/mol.